The molecule has 0 aromatic rings. The fourth-order valence-electron chi connectivity index (χ4n) is 3.05. The highest BCUT2D eigenvalue weighted by Gasteiger charge is 2.33. The first-order chi connectivity index (χ1) is 11.1. The van der Waals surface area contributed by atoms with Gasteiger partial charge in [0.1, 0.15) is 0 Å². The van der Waals surface area contributed by atoms with Gasteiger partial charge in [-0.1, -0.05) is 0 Å². The molecule has 0 radical (unpaired) electrons. The number of carbonyl (C=O) groups excluding carboxylic acids is 2. The second-order valence-electron chi connectivity index (χ2n) is 6.64. The lowest BCUT2D eigenvalue weighted by molar-refractivity contribution is -0.129. The summed E-state index contributed by atoms with van der Waals surface area (Å²) in [5.74, 6) is -0.0645. The van der Waals surface area contributed by atoms with Gasteiger partial charge < -0.3 is 19.9 Å². The smallest absolute Gasteiger partial charge is 0.225 e. The summed E-state index contributed by atoms with van der Waals surface area (Å²) in [5, 5.41) is 2.98. The van der Waals surface area contributed by atoms with Crippen LogP contribution < -0.4 is 5.32 Å². The number of morpholine rings is 1. The third kappa shape index (κ3) is 6.08. The molecule has 1 atom stereocenters. The van der Waals surface area contributed by atoms with Crippen molar-refractivity contribution in [3.63, 3.8) is 0 Å². The van der Waals surface area contributed by atoms with Crippen molar-refractivity contribution in [2.75, 3.05) is 73.1 Å². The van der Waals surface area contributed by atoms with E-state index < -0.39 is 0 Å². The number of ether oxygens (including phenoxy) is 1. The van der Waals surface area contributed by atoms with Gasteiger partial charge in [0, 0.05) is 45.7 Å². The van der Waals surface area contributed by atoms with Crippen LogP contribution in [-0.2, 0) is 14.3 Å². The zero-order valence-electron chi connectivity index (χ0n) is 14.4. The first-order valence-electron chi connectivity index (χ1n) is 8.56. The zero-order valence-corrected chi connectivity index (χ0v) is 14.4. The van der Waals surface area contributed by atoms with Crippen molar-refractivity contribution in [2.45, 2.75) is 12.8 Å². The molecule has 132 valence electrons. The second kappa shape index (κ2) is 9.20. The maximum Gasteiger partial charge on any atom is 0.225 e. The van der Waals surface area contributed by atoms with Gasteiger partial charge >= 0.3 is 0 Å². The summed E-state index contributed by atoms with van der Waals surface area (Å²) in [7, 11) is 4.05. The quantitative estimate of drug-likeness (QED) is 0.635. The summed E-state index contributed by atoms with van der Waals surface area (Å²) < 4.78 is 5.30. The Morgan fingerprint density at radius 3 is 2.74 bits per heavy atom. The lowest BCUT2D eigenvalue weighted by atomic mass is 10.1. The predicted molar refractivity (Wildman–Crippen MR) is 88.1 cm³/mol. The molecule has 2 amide bonds. The SMILES string of the molecule is CN(C)CCCN1CC(C(=O)NCCN2CCOCC2)CC1=O. The molecule has 1 N–H and O–H groups in total. The van der Waals surface area contributed by atoms with E-state index in [2.05, 4.69) is 15.1 Å². The number of hydrogen-bond acceptors (Lipinski definition) is 5. The minimum absolute atomic E-state index is 0.0155. The van der Waals surface area contributed by atoms with Crippen LogP contribution in [0.15, 0.2) is 0 Å². The van der Waals surface area contributed by atoms with E-state index in [0.717, 1.165) is 52.4 Å². The van der Waals surface area contributed by atoms with Gasteiger partial charge in [-0.25, -0.2) is 0 Å². The largest absolute Gasteiger partial charge is 0.379 e. The van der Waals surface area contributed by atoms with Crippen LogP contribution in [0.3, 0.4) is 0 Å². The first-order valence-corrected chi connectivity index (χ1v) is 8.56. The second-order valence-corrected chi connectivity index (χ2v) is 6.64. The molecule has 0 spiro atoms. The number of rotatable bonds is 8. The lowest BCUT2D eigenvalue weighted by Gasteiger charge is -2.26. The Morgan fingerprint density at radius 2 is 2.04 bits per heavy atom. The van der Waals surface area contributed by atoms with E-state index in [4.69, 9.17) is 4.74 Å². The molecule has 2 aliphatic heterocycles. The van der Waals surface area contributed by atoms with Crippen molar-refractivity contribution in [1.29, 1.82) is 0 Å². The van der Waals surface area contributed by atoms with E-state index in [1.54, 1.807) is 0 Å². The van der Waals surface area contributed by atoms with Gasteiger partial charge in [-0.2, -0.15) is 0 Å². The summed E-state index contributed by atoms with van der Waals surface area (Å²) in [4.78, 5) is 30.4. The third-order valence-electron chi connectivity index (χ3n) is 4.45. The molecule has 0 bridgehead atoms. The van der Waals surface area contributed by atoms with E-state index >= 15 is 0 Å². The maximum absolute atomic E-state index is 12.2. The minimum Gasteiger partial charge on any atom is -0.379 e. The van der Waals surface area contributed by atoms with Crippen LogP contribution in [0, 0.1) is 5.92 Å². The molecule has 2 aliphatic rings. The molecule has 7 heteroatoms. The van der Waals surface area contributed by atoms with Crippen LogP contribution in [0.4, 0.5) is 0 Å². The van der Waals surface area contributed by atoms with Gasteiger partial charge in [0.25, 0.3) is 0 Å². The van der Waals surface area contributed by atoms with Gasteiger partial charge in [0.2, 0.25) is 11.8 Å². The van der Waals surface area contributed by atoms with Gasteiger partial charge in [0.05, 0.1) is 19.1 Å². The number of nitrogens with zero attached hydrogens (tertiary/aromatic N) is 3. The molecule has 2 heterocycles. The molecule has 1 unspecified atom stereocenters. The first kappa shape index (κ1) is 18.2. The van der Waals surface area contributed by atoms with Crippen LogP contribution in [0.2, 0.25) is 0 Å². The van der Waals surface area contributed by atoms with Gasteiger partial charge in [-0.15, -0.1) is 0 Å². The highest BCUT2D eigenvalue weighted by Crippen LogP contribution is 2.18. The normalized spacial score (nSPS) is 22.8. The summed E-state index contributed by atoms with van der Waals surface area (Å²) in [5.41, 5.74) is 0. The van der Waals surface area contributed by atoms with E-state index in [1.807, 2.05) is 19.0 Å². The summed E-state index contributed by atoms with van der Waals surface area (Å²) in [6.07, 6.45) is 1.30. The van der Waals surface area contributed by atoms with E-state index in [-0.39, 0.29) is 17.7 Å². The third-order valence-corrected chi connectivity index (χ3v) is 4.45. The van der Waals surface area contributed by atoms with Crippen LogP contribution in [0.25, 0.3) is 0 Å². The highest BCUT2D eigenvalue weighted by molar-refractivity contribution is 5.89. The van der Waals surface area contributed by atoms with Gasteiger partial charge in [-0.3, -0.25) is 14.5 Å². The molecule has 2 fully saturated rings. The van der Waals surface area contributed by atoms with Crippen LogP contribution >= 0.6 is 0 Å². The summed E-state index contributed by atoms with van der Waals surface area (Å²) in [6.45, 7) is 7.16. The zero-order chi connectivity index (χ0) is 16.7. The molecule has 0 aromatic heterocycles. The number of hydrogen-bond donors (Lipinski definition) is 1. The molecular formula is C16H30N4O3. The molecule has 2 rings (SSSR count). The molecule has 23 heavy (non-hydrogen) atoms. The Hall–Kier alpha value is -1.18. The fraction of sp³-hybridized carbons (Fsp3) is 0.875. The fourth-order valence-corrected chi connectivity index (χ4v) is 3.05. The Balaban J connectivity index is 1.63. The molecule has 0 saturated carbocycles. The van der Waals surface area contributed by atoms with Gasteiger partial charge in [0.15, 0.2) is 0 Å². The Morgan fingerprint density at radius 1 is 1.30 bits per heavy atom. The van der Waals surface area contributed by atoms with Crippen molar-refractivity contribution in [1.82, 2.24) is 20.0 Å². The van der Waals surface area contributed by atoms with Crippen molar-refractivity contribution < 1.29 is 14.3 Å². The average Bonchev–Trinajstić information content (AvgIpc) is 2.89. The number of likely N-dealkylation sites (tertiary alicyclic amines) is 1. The van der Waals surface area contributed by atoms with E-state index in [9.17, 15) is 9.59 Å². The molecule has 7 nitrogen and oxygen atoms in total. The molecule has 2 saturated heterocycles. The summed E-state index contributed by atoms with van der Waals surface area (Å²) in [6, 6.07) is 0. The van der Waals surface area contributed by atoms with Crippen molar-refractivity contribution in [3.05, 3.63) is 0 Å². The molecular weight excluding hydrogens is 296 g/mol. The standard InChI is InChI=1S/C16H30N4O3/c1-18(2)5-3-6-20-13-14(12-15(20)21)16(22)17-4-7-19-8-10-23-11-9-19/h14H,3-13H2,1-2H3,(H,17,22). The van der Waals surface area contributed by atoms with Crippen molar-refractivity contribution >= 4 is 11.8 Å². The van der Waals surface area contributed by atoms with E-state index in [1.165, 1.54) is 0 Å². The van der Waals surface area contributed by atoms with E-state index in [0.29, 0.717) is 19.5 Å². The predicted octanol–water partition coefficient (Wildman–Crippen LogP) is -0.765. The molecule has 0 aliphatic carbocycles. The highest BCUT2D eigenvalue weighted by atomic mass is 16.5. The monoisotopic (exact) mass is 326 g/mol. The maximum atomic E-state index is 12.2. The van der Waals surface area contributed by atoms with Crippen molar-refractivity contribution in [3.8, 4) is 0 Å². The van der Waals surface area contributed by atoms with Crippen LogP contribution in [-0.4, -0.2) is 99.6 Å². The summed E-state index contributed by atoms with van der Waals surface area (Å²) >= 11 is 0. The van der Waals surface area contributed by atoms with Gasteiger partial charge in [-0.05, 0) is 27.1 Å². The Bertz CT molecular complexity index is 397. The van der Waals surface area contributed by atoms with Crippen molar-refractivity contribution in [2.24, 2.45) is 5.92 Å². The van der Waals surface area contributed by atoms with Crippen LogP contribution in [0.1, 0.15) is 12.8 Å². The Kier molecular flexibility index (Phi) is 7.26. The Labute approximate surface area is 138 Å². The number of nitrogens with one attached hydrogen (secondary N) is 1. The number of amides is 2. The number of carbonyl (C=O) groups is 2. The topological polar surface area (TPSA) is 65.1 Å². The molecule has 0 aromatic carbocycles. The lowest BCUT2D eigenvalue weighted by Crippen LogP contribution is -2.42. The minimum atomic E-state index is -0.188. The van der Waals surface area contributed by atoms with Crippen LogP contribution in [0.5, 0.6) is 0 Å². The average molecular weight is 326 g/mol.